The van der Waals surface area contributed by atoms with Crippen LogP contribution >= 0.6 is 0 Å². The number of aliphatic hydroxyl groups excluding tert-OH is 1. The largest absolute Gasteiger partial charge is 0.507 e. The van der Waals surface area contributed by atoms with E-state index in [0.717, 1.165) is 29.0 Å². The lowest BCUT2D eigenvalue weighted by Crippen LogP contribution is -2.31. The van der Waals surface area contributed by atoms with E-state index in [-0.39, 0.29) is 17.4 Å². The number of anilines is 1. The molecule has 1 amide bonds. The molecule has 2 unspecified atom stereocenters. The number of hydrogen-bond donors (Lipinski definition) is 1. The Kier molecular flexibility index (Phi) is 6.42. The molecule has 0 bridgehead atoms. The molecule has 2 atom stereocenters. The van der Waals surface area contributed by atoms with Gasteiger partial charge in [-0.3, -0.25) is 9.59 Å². The molecule has 0 aromatic heterocycles. The zero-order valence-corrected chi connectivity index (χ0v) is 19.5. The zero-order valence-electron chi connectivity index (χ0n) is 19.5. The van der Waals surface area contributed by atoms with Gasteiger partial charge >= 0.3 is 0 Å². The number of carbonyl (C=O) groups is 2. The molecule has 7 heteroatoms. The van der Waals surface area contributed by atoms with Gasteiger partial charge in [0.15, 0.2) is 0 Å². The van der Waals surface area contributed by atoms with E-state index in [1.54, 1.807) is 13.2 Å². The topological polar surface area (TPSA) is 79.3 Å². The predicted molar refractivity (Wildman–Crippen MR) is 127 cm³/mol. The monoisotopic (exact) mass is 450 g/mol. The minimum absolute atomic E-state index is 0.0685. The summed E-state index contributed by atoms with van der Waals surface area (Å²) in [6.07, 6.45) is 1.39. The van der Waals surface area contributed by atoms with Crippen molar-refractivity contribution in [1.29, 1.82) is 0 Å². The Labute approximate surface area is 194 Å². The van der Waals surface area contributed by atoms with E-state index >= 15 is 0 Å². The average molecular weight is 451 g/mol. The molecule has 1 saturated heterocycles. The molecule has 2 heterocycles. The molecular formula is C26H30N2O5. The van der Waals surface area contributed by atoms with Gasteiger partial charge in [-0.15, -0.1) is 0 Å². The van der Waals surface area contributed by atoms with Crippen molar-refractivity contribution in [2.45, 2.75) is 31.9 Å². The minimum atomic E-state index is -0.670. The van der Waals surface area contributed by atoms with Crippen LogP contribution in [0, 0.1) is 0 Å². The van der Waals surface area contributed by atoms with Crippen LogP contribution in [0.3, 0.4) is 0 Å². The van der Waals surface area contributed by atoms with Crippen molar-refractivity contribution in [3.63, 3.8) is 0 Å². The molecule has 2 aromatic carbocycles. The van der Waals surface area contributed by atoms with Crippen LogP contribution in [0.1, 0.15) is 36.1 Å². The third-order valence-electron chi connectivity index (χ3n) is 6.18. The van der Waals surface area contributed by atoms with E-state index in [1.165, 1.54) is 4.90 Å². The van der Waals surface area contributed by atoms with Gasteiger partial charge in [0, 0.05) is 52.0 Å². The lowest BCUT2D eigenvalue weighted by atomic mass is 9.94. The molecule has 33 heavy (non-hydrogen) atoms. The summed E-state index contributed by atoms with van der Waals surface area (Å²) in [7, 11) is 5.50. The van der Waals surface area contributed by atoms with Crippen LogP contribution in [-0.2, 0) is 20.7 Å². The maximum Gasteiger partial charge on any atom is 0.295 e. The molecule has 0 spiro atoms. The fourth-order valence-corrected chi connectivity index (χ4v) is 4.52. The fraction of sp³-hybridized carbons (Fsp3) is 0.385. The normalized spacial score (nSPS) is 21.3. The number of ether oxygens (including phenoxy) is 2. The molecule has 7 nitrogen and oxygen atoms in total. The number of Topliss-reactive ketones (excluding diaryl/α,β-unsaturated/α-hetero) is 1. The second-order valence-corrected chi connectivity index (χ2v) is 8.78. The highest BCUT2D eigenvalue weighted by Gasteiger charge is 2.45. The third-order valence-corrected chi connectivity index (χ3v) is 6.18. The quantitative estimate of drug-likeness (QED) is 0.301. The summed E-state index contributed by atoms with van der Waals surface area (Å²) in [5, 5.41) is 11.3. The molecule has 2 aromatic rings. The van der Waals surface area contributed by atoms with Crippen LogP contribution in [0.15, 0.2) is 48.0 Å². The molecule has 174 valence electrons. The Morgan fingerprint density at radius 2 is 1.91 bits per heavy atom. The number of fused-ring (bicyclic) bond motifs is 1. The SMILES string of the molecule is COCCCN1C(=O)C(=O)C(=C(O)c2ccc3c(c2)CC(C)O3)C1c1ccc(N(C)C)cc1. The number of benzene rings is 2. The molecular weight excluding hydrogens is 420 g/mol. The van der Waals surface area contributed by atoms with E-state index in [0.29, 0.717) is 25.1 Å². The Hall–Kier alpha value is -3.32. The zero-order chi connectivity index (χ0) is 23.7. The van der Waals surface area contributed by atoms with Gasteiger partial charge in [0.2, 0.25) is 0 Å². The Balaban J connectivity index is 1.79. The standard InChI is InChI=1S/C26H30N2O5/c1-16-14-19-15-18(8-11-21(19)33-16)24(29)22-23(17-6-9-20(10-7-17)27(2)3)28(12-5-13-32-4)26(31)25(22)30/h6-11,15-16,23,29H,5,12-14H2,1-4H3. The van der Waals surface area contributed by atoms with Gasteiger partial charge in [0.25, 0.3) is 11.7 Å². The van der Waals surface area contributed by atoms with Crippen LogP contribution in [0.2, 0.25) is 0 Å². The van der Waals surface area contributed by atoms with Gasteiger partial charge in [-0.2, -0.15) is 0 Å². The second kappa shape index (κ2) is 9.27. The van der Waals surface area contributed by atoms with Gasteiger partial charge in [-0.25, -0.2) is 0 Å². The van der Waals surface area contributed by atoms with E-state index < -0.39 is 17.7 Å². The van der Waals surface area contributed by atoms with E-state index in [4.69, 9.17) is 9.47 Å². The van der Waals surface area contributed by atoms with Gasteiger partial charge < -0.3 is 24.4 Å². The van der Waals surface area contributed by atoms with Gasteiger partial charge in [0.05, 0.1) is 11.6 Å². The number of nitrogens with zero attached hydrogens (tertiary/aromatic N) is 2. The molecule has 4 rings (SSSR count). The number of hydrogen-bond acceptors (Lipinski definition) is 6. The highest BCUT2D eigenvalue weighted by Crippen LogP contribution is 2.41. The second-order valence-electron chi connectivity index (χ2n) is 8.78. The van der Waals surface area contributed by atoms with Crippen LogP contribution in [0.5, 0.6) is 5.75 Å². The van der Waals surface area contributed by atoms with E-state index in [9.17, 15) is 14.7 Å². The van der Waals surface area contributed by atoms with Crippen molar-refractivity contribution >= 4 is 23.1 Å². The number of amides is 1. The first-order valence-electron chi connectivity index (χ1n) is 11.2. The number of ketones is 1. The fourth-order valence-electron chi connectivity index (χ4n) is 4.52. The number of rotatable bonds is 7. The predicted octanol–water partition coefficient (Wildman–Crippen LogP) is 3.53. The Bertz CT molecular complexity index is 1090. The maximum atomic E-state index is 13.1. The van der Waals surface area contributed by atoms with Crippen LogP contribution in [0.4, 0.5) is 5.69 Å². The van der Waals surface area contributed by atoms with Crippen LogP contribution < -0.4 is 9.64 Å². The minimum Gasteiger partial charge on any atom is -0.507 e. The third kappa shape index (κ3) is 4.33. The van der Waals surface area contributed by atoms with Gasteiger partial charge in [-0.1, -0.05) is 12.1 Å². The summed E-state index contributed by atoms with van der Waals surface area (Å²) in [6, 6.07) is 12.4. The van der Waals surface area contributed by atoms with E-state index in [2.05, 4.69) is 0 Å². The van der Waals surface area contributed by atoms with E-state index in [1.807, 2.05) is 62.3 Å². The molecule has 2 aliphatic rings. The summed E-state index contributed by atoms with van der Waals surface area (Å²) in [6.45, 7) is 2.81. The summed E-state index contributed by atoms with van der Waals surface area (Å²) in [4.78, 5) is 29.6. The van der Waals surface area contributed by atoms with Crippen molar-refractivity contribution in [1.82, 2.24) is 4.90 Å². The first-order chi connectivity index (χ1) is 15.8. The molecule has 0 radical (unpaired) electrons. The number of methoxy groups -OCH3 is 1. The highest BCUT2D eigenvalue weighted by atomic mass is 16.5. The number of carbonyl (C=O) groups excluding carboxylic acids is 2. The molecule has 0 aliphatic carbocycles. The van der Waals surface area contributed by atoms with Crippen LogP contribution in [0.25, 0.3) is 5.76 Å². The molecule has 1 fully saturated rings. The Morgan fingerprint density at radius 3 is 2.58 bits per heavy atom. The van der Waals surface area contributed by atoms with Gasteiger partial charge in [-0.05, 0) is 54.8 Å². The molecule has 2 aliphatic heterocycles. The van der Waals surface area contributed by atoms with Crippen molar-refractivity contribution < 1.29 is 24.2 Å². The van der Waals surface area contributed by atoms with Crippen molar-refractivity contribution in [2.24, 2.45) is 0 Å². The lowest BCUT2D eigenvalue weighted by molar-refractivity contribution is -0.140. The number of likely N-dealkylation sites (tertiary alicyclic amines) is 1. The van der Waals surface area contributed by atoms with Gasteiger partial charge in [0.1, 0.15) is 17.6 Å². The summed E-state index contributed by atoms with van der Waals surface area (Å²) in [5.74, 6) is -0.648. The number of aliphatic hydroxyl groups is 1. The molecule has 1 N–H and O–H groups in total. The Morgan fingerprint density at radius 1 is 1.18 bits per heavy atom. The molecule has 0 saturated carbocycles. The smallest absolute Gasteiger partial charge is 0.295 e. The van der Waals surface area contributed by atoms with Crippen LogP contribution in [-0.4, -0.2) is 62.2 Å². The van der Waals surface area contributed by atoms with Crippen molar-refractivity contribution in [2.75, 3.05) is 39.3 Å². The maximum absolute atomic E-state index is 13.1. The lowest BCUT2D eigenvalue weighted by Gasteiger charge is -2.26. The van der Waals surface area contributed by atoms with Crippen molar-refractivity contribution in [3.05, 3.63) is 64.7 Å². The first kappa shape index (κ1) is 22.9. The first-order valence-corrected chi connectivity index (χ1v) is 11.2. The summed E-state index contributed by atoms with van der Waals surface area (Å²) in [5.41, 5.74) is 3.38. The van der Waals surface area contributed by atoms with Crippen molar-refractivity contribution in [3.8, 4) is 5.75 Å². The summed E-state index contributed by atoms with van der Waals surface area (Å²) >= 11 is 0. The highest BCUT2D eigenvalue weighted by molar-refractivity contribution is 6.46. The average Bonchev–Trinajstić information content (AvgIpc) is 3.29. The summed E-state index contributed by atoms with van der Waals surface area (Å²) < 4.78 is 10.9.